The summed E-state index contributed by atoms with van der Waals surface area (Å²) in [5.74, 6) is 0.776. The maximum absolute atomic E-state index is 13.1. The van der Waals surface area contributed by atoms with Crippen LogP contribution in [0, 0.1) is 6.92 Å². The van der Waals surface area contributed by atoms with Gasteiger partial charge in [0.2, 0.25) is 5.13 Å². The lowest BCUT2D eigenvalue weighted by Gasteiger charge is -2.13. The van der Waals surface area contributed by atoms with E-state index in [1.54, 1.807) is 24.5 Å². The number of fused-ring (bicyclic) bond motifs is 2. The van der Waals surface area contributed by atoms with Gasteiger partial charge in [0.25, 0.3) is 0 Å². The quantitative estimate of drug-likeness (QED) is 0.0386. The number of aromatic nitrogens is 2. The normalized spacial score (nSPS) is 11.2. The van der Waals surface area contributed by atoms with Crippen LogP contribution in [-0.4, -0.2) is 28.8 Å². The minimum Gasteiger partial charge on any atom is -0.494 e. The number of ether oxygens (including phenoxy) is 2. The molecule has 0 spiro atoms. The third kappa shape index (κ3) is 7.15. The molecule has 0 saturated carbocycles. The van der Waals surface area contributed by atoms with Gasteiger partial charge >= 0.3 is 5.97 Å². The fourth-order valence-electron chi connectivity index (χ4n) is 4.48. The molecule has 0 radical (unpaired) electrons. The number of nitrogens with one attached hydrogen (secondary N) is 1. The average Bonchev–Trinajstić information content (AvgIpc) is 3.42. The van der Waals surface area contributed by atoms with Crippen LogP contribution in [0.3, 0.4) is 0 Å². The van der Waals surface area contributed by atoms with Crippen molar-refractivity contribution in [1.82, 2.24) is 9.97 Å². The van der Waals surface area contributed by atoms with E-state index in [2.05, 4.69) is 27.1 Å². The summed E-state index contributed by atoms with van der Waals surface area (Å²) in [5.41, 5.74) is 6.12. The predicted molar refractivity (Wildman–Crippen MR) is 167 cm³/mol. The second-order valence-corrected chi connectivity index (χ2v) is 10.6. The minimum atomic E-state index is -0.434. The lowest BCUT2D eigenvalue weighted by molar-refractivity contribution is 0.0737. The molecule has 1 N–H and O–H groups in total. The standard InChI is InChI=1S/C33H32N4O3S/c1-3-4-5-6-7-10-20-39-26-17-15-24(16-18-26)32(38)40-30-21-25(23(2)27-12-8-9-13-28(27)30)22-35-37-33-36-29-14-11-19-34-31(29)41-33/h3,8-9,11-19,21-22H,1,4-7,10,20H2,2H3,(H,36,37)/b35-22+. The smallest absolute Gasteiger partial charge is 0.343 e. The molecule has 0 unspecified atom stereocenters. The third-order valence-corrected chi connectivity index (χ3v) is 7.59. The van der Waals surface area contributed by atoms with Gasteiger partial charge in [0, 0.05) is 17.1 Å². The molecule has 0 fully saturated rings. The van der Waals surface area contributed by atoms with Crippen molar-refractivity contribution in [1.29, 1.82) is 0 Å². The van der Waals surface area contributed by atoms with E-state index in [0.29, 0.717) is 23.1 Å². The van der Waals surface area contributed by atoms with E-state index in [9.17, 15) is 4.79 Å². The number of hydrazone groups is 1. The summed E-state index contributed by atoms with van der Waals surface area (Å²) in [7, 11) is 0. The van der Waals surface area contributed by atoms with Crippen molar-refractivity contribution in [3.05, 3.63) is 102 Å². The SMILES string of the molecule is C=CCCCCCCOc1ccc(C(=O)Oc2cc(/C=N/Nc3nc4cccnc4s3)c(C)c3ccccc23)cc1. The van der Waals surface area contributed by atoms with E-state index < -0.39 is 5.97 Å². The van der Waals surface area contributed by atoms with Crippen LogP contribution >= 0.6 is 11.3 Å². The van der Waals surface area contributed by atoms with Crippen LogP contribution in [0.1, 0.15) is 53.6 Å². The summed E-state index contributed by atoms with van der Waals surface area (Å²) in [6.45, 7) is 6.44. The summed E-state index contributed by atoms with van der Waals surface area (Å²) in [5, 5.41) is 6.89. The largest absolute Gasteiger partial charge is 0.494 e. The molecule has 2 aromatic heterocycles. The molecule has 0 saturated heterocycles. The minimum absolute atomic E-state index is 0.434. The first kappa shape index (κ1) is 28.0. The number of esters is 1. The molecule has 7 nitrogen and oxygen atoms in total. The van der Waals surface area contributed by atoms with Gasteiger partial charge < -0.3 is 9.47 Å². The molecule has 208 valence electrons. The Balaban J connectivity index is 1.26. The molecule has 5 aromatic rings. The number of benzene rings is 3. The topological polar surface area (TPSA) is 85.7 Å². The number of thiazole rings is 1. The maximum atomic E-state index is 13.1. The van der Waals surface area contributed by atoms with Gasteiger partial charge in [-0.3, -0.25) is 5.43 Å². The van der Waals surface area contributed by atoms with Crippen molar-refractivity contribution in [2.75, 3.05) is 12.0 Å². The fraction of sp³-hybridized carbons (Fsp3) is 0.212. The molecule has 41 heavy (non-hydrogen) atoms. The number of rotatable bonds is 13. The highest BCUT2D eigenvalue weighted by Gasteiger charge is 2.14. The number of hydrogen-bond donors (Lipinski definition) is 1. The lowest BCUT2D eigenvalue weighted by atomic mass is 9.99. The second kappa shape index (κ2) is 13.7. The number of allylic oxidation sites excluding steroid dienone is 1. The van der Waals surface area contributed by atoms with Crippen molar-refractivity contribution in [2.45, 2.75) is 39.0 Å². The molecule has 8 heteroatoms. The molecular weight excluding hydrogens is 532 g/mol. The summed E-state index contributed by atoms with van der Waals surface area (Å²) in [4.78, 5) is 22.8. The average molecular weight is 565 g/mol. The molecular formula is C33H32N4O3S. The number of hydrogen-bond acceptors (Lipinski definition) is 8. The molecule has 0 atom stereocenters. The molecule has 0 aliphatic heterocycles. The zero-order chi connectivity index (χ0) is 28.4. The Morgan fingerprint density at radius 3 is 2.63 bits per heavy atom. The van der Waals surface area contributed by atoms with Gasteiger partial charge in [-0.25, -0.2) is 14.8 Å². The molecule has 3 aromatic carbocycles. The summed E-state index contributed by atoms with van der Waals surface area (Å²) >= 11 is 1.43. The number of unbranched alkanes of at least 4 members (excludes halogenated alkanes) is 4. The van der Waals surface area contributed by atoms with Crippen LogP contribution < -0.4 is 14.9 Å². The Bertz CT molecular complexity index is 1640. The van der Waals surface area contributed by atoms with Crippen molar-refractivity contribution in [3.8, 4) is 11.5 Å². The van der Waals surface area contributed by atoms with Crippen molar-refractivity contribution >= 4 is 49.8 Å². The van der Waals surface area contributed by atoms with Gasteiger partial charge in [0.15, 0.2) is 0 Å². The number of anilines is 1. The van der Waals surface area contributed by atoms with E-state index >= 15 is 0 Å². The van der Waals surface area contributed by atoms with Crippen LogP contribution in [0.15, 0.2) is 90.7 Å². The van der Waals surface area contributed by atoms with Gasteiger partial charge in [-0.1, -0.05) is 54.5 Å². The van der Waals surface area contributed by atoms with Crippen molar-refractivity contribution < 1.29 is 14.3 Å². The Labute approximate surface area is 243 Å². The first-order chi connectivity index (χ1) is 20.1. The molecule has 2 heterocycles. The summed E-state index contributed by atoms with van der Waals surface area (Å²) < 4.78 is 11.8. The van der Waals surface area contributed by atoms with Gasteiger partial charge in [0.1, 0.15) is 21.8 Å². The van der Waals surface area contributed by atoms with E-state index in [0.717, 1.165) is 57.3 Å². The maximum Gasteiger partial charge on any atom is 0.343 e. The Kier molecular flexibility index (Phi) is 9.34. The Hall–Kier alpha value is -4.56. The molecule has 0 aliphatic rings. The first-order valence-corrected chi connectivity index (χ1v) is 14.5. The number of aryl methyl sites for hydroxylation is 1. The van der Waals surface area contributed by atoms with E-state index in [-0.39, 0.29) is 0 Å². The highest BCUT2D eigenvalue weighted by Crippen LogP contribution is 2.32. The predicted octanol–water partition coefficient (Wildman–Crippen LogP) is 8.33. The zero-order valence-electron chi connectivity index (χ0n) is 23.0. The van der Waals surface area contributed by atoms with Gasteiger partial charge in [-0.05, 0) is 79.6 Å². The second-order valence-electron chi connectivity index (χ2n) is 9.61. The van der Waals surface area contributed by atoms with Crippen molar-refractivity contribution in [3.63, 3.8) is 0 Å². The highest BCUT2D eigenvalue weighted by molar-refractivity contribution is 7.21. The van der Waals surface area contributed by atoms with Crippen molar-refractivity contribution in [2.24, 2.45) is 5.10 Å². The lowest BCUT2D eigenvalue weighted by Crippen LogP contribution is -2.09. The van der Waals surface area contributed by atoms with Gasteiger partial charge in [0.05, 0.1) is 18.4 Å². The third-order valence-electron chi connectivity index (χ3n) is 6.71. The molecule has 5 rings (SSSR count). The van der Waals surface area contributed by atoms with Crippen LogP contribution in [-0.2, 0) is 0 Å². The monoisotopic (exact) mass is 564 g/mol. The molecule has 0 aliphatic carbocycles. The number of nitrogens with zero attached hydrogens (tertiary/aromatic N) is 3. The fourth-order valence-corrected chi connectivity index (χ4v) is 5.24. The van der Waals surface area contributed by atoms with Crippen LogP contribution in [0.5, 0.6) is 11.5 Å². The van der Waals surface area contributed by atoms with Gasteiger partial charge in [-0.15, -0.1) is 6.58 Å². The number of carbonyl (C=O) groups is 1. The van der Waals surface area contributed by atoms with E-state index in [1.807, 2.05) is 67.6 Å². The Morgan fingerprint density at radius 1 is 1.02 bits per heavy atom. The highest BCUT2D eigenvalue weighted by atomic mass is 32.1. The van der Waals surface area contributed by atoms with Gasteiger partial charge in [-0.2, -0.15) is 5.10 Å². The number of pyridine rings is 1. The van der Waals surface area contributed by atoms with E-state index in [1.165, 1.54) is 24.2 Å². The Morgan fingerprint density at radius 2 is 1.83 bits per heavy atom. The van der Waals surface area contributed by atoms with Crippen LogP contribution in [0.25, 0.3) is 21.1 Å². The summed E-state index contributed by atoms with van der Waals surface area (Å²) in [6.07, 6.45) is 11.0. The molecule has 0 bridgehead atoms. The van der Waals surface area contributed by atoms with Crippen LogP contribution in [0.2, 0.25) is 0 Å². The first-order valence-electron chi connectivity index (χ1n) is 13.7. The number of carbonyl (C=O) groups excluding carboxylic acids is 1. The zero-order valence-corrected chi connectivity index (χ0v) is 23.8. The van der Waals surface area contributed by atoms with Crippen LogP contribution in [0.4, 0.5) is 5.13 Å². The van der Waals surface area contributed by atoms with E-state index in [4.69, 9.17) is 9.47 Å². The molecule has 0 amide bonds. The summed E-state index contributed by atoms with van der Waals surface area (Å²) in [6, 6.07) is 20.6.